The number of carbonyl (C=O) groups excluding carboxylic acids is 3. The fraction of sp³-hybridized carbons (Fsp3) is 0.286. The monoisotopic (exact) mass is 432 g/mol. The maximum absolute atomic E-state index is 13.7. The van der Waals surface area contributed by atoms with Crippen LogP contribution in [0.1, 0.15) is 16.8 Å². The molecule has 2 aromatic rings. The standard InChI is InChI=1S/C21H22ClFN4O3/c22-15-5-3-6-16(13-15)25-21(30)27-10-4-9-26(11-12-27)19(28)14-24-20(29)17-7-1-2-8-18(17)23/h1-3,5-8,13H,4,9-12,14H2,(H,24,29)(H,25,30). The molecule has 30 heavy (non-hydrogen) atoms. The summed E-state index contributed by atoms with van der Waals surface area (Å²) in [6, 6.07) is 12.2. The third kappa shape index (κ3) is 5.70. The van der Waals surface area contributed by atoms with Crippen LogP contribution in [0.15, 0.2) is 48.5 Å². The minimum atomic E-state index is -0.640. The van der Waals surface area contributed by atoms with Crippen molar-refractivity contribution >= 4 is 35.1 Å². The van der Waals surface area contributed by atoms with Crippen molar-refractivity contribution in [2.24, 2.45) is 0 Å². The molecule has 0 spiro atoms. The summed E-state index contributed by atoms with van der Waals surface area (Å²) in [4.78, 5) is 40.2. The number of hydrogen-bond acceptors (Lipinski definition) is 3. The molecule has 7 nitrogen and oxygen atoms in total. The highest BCUT2D eigenvalue weighted by atomic mass is 35.5. The van der Waals surface area contributed by atoms with Crippen LogP contribution in [-0.2, 0) is 4.79 Å². The Kier molecular flexibility index (Phi) is 7.24. The number of urea groups is 1. The van der Waals surface area contributed by atoms with Gasteiger partial charge in [-0.3, -0.25) is 9.59 Å². The predicted octanol–water partition coefficient (Wildman–Crippen LogP) is 2.98. The van der Waals surface area contributed by atoms with Crippen LogP contribution in [0.5, 0.6) is 0 Å². The third-order valence-electron chi connectivity index (χ3n) is 4.73. The largest absolute Gasteiger partial charge is 0.343 e. The summed E-state index contributed by atoms with van der Waals surface area (Å²) in [6.07, 6.45) is 0.607. The summed E-state index contributed by atoms with van der Waals surface area (Å²) >= 11 is 5.93. The van der Waals surface area contributed by atoms with E-state index >= 15 is 0 Å². The van der Waals surface area contributed by atoms with Gasteiger partial charge in [0.15, 0.2) is 0 Å². The quantitative estimate of drug-likeness (QED) is 0.779. The molecule has 1 saturated heterocycles. The van der Waals surface area contributed by atoms with Gasteiger partial charge in [-0.15, -0.1) is 0 Å². The number of anilines is 1. The Morgan fingerprint density at radius 3 is 2.47 bits per heavy atom. The lowest BCUT2D eigenvalue weighted by molar-refractivity contribution is -0.129. The average molecular weight is 433 g/mol. The van der Waals surface area contributed by atoms with E-state index in [0.29, 0.717) is 43.3 Å². The van der Waals surface area contributed by atoms with Crippen molar-refractivity contribution in [3.63, 3.8) is 0 Å². The van der Waals surface area contributed by atoms with Gasteiger partial charge in [0.2, 0.25) is 5.91 Å². The van der Waals surface area contributed by atoms with Crippen LogP contribution < -0.4 is 10.6 Å². The van der Waals surface area contributed by atoms with E-state index in [1.54, 1.807) is 40.1 Å². The van der Waals surface area contributed by atoms with Gasteiger partial charge in [-0.1, -0.05) is 29.8 Å². The maximum atomic E-state index is 13.7. The van der Waals surface area contributed by atoms with Crippen molar-refractivity contribution in [3.05, 3.63) is 64.9 Å². The van der Waals surface area contributed by atoms with Gasteiger partial charge >= 0.3 is 6.03 Å². The molecule has 1 fully saturated rings. The molecular formula is C21H22ClFN4O3. The van der Waals surface area contributed by atoms with E-state index in [1.165, 1.54) is 18.2 Å². The van der Waals surface area contributed by atoms with Crippen molar-refractivity contribution in [2.45, 2.75) is 6.42 Å². The molecule has 2 aromatic carbocycles. The Bertz CT molecular complexity index is 940. The highest BCUT2D eigenvalue weighted by Gasteiger charge is 2.22. The minimum absolute atomic E-state index is 0.106. The topological polar surface area (TPSA) is 81.8 Å². The van der Waals surface area contributed by atoms with Crippen LogP contribution in [0.4, 0.5) is 14.9 Å². The van der Waals surface area contributed by atoms with Gasteiger partial charge < -0.3 is 20.4 Å². The number of halogens is 2. The second-order valence-electron chi connectivity index (χ2n) is 6.82. The van der Waals surface area contributed by atoms with E-state index in [2.05, 4.69) is 10.6 Å². The number of rotatable bonds is 4. The highest BCUT2D eigenvalue weighted by molar-refractivity contribution is 6.30. The molecule has 0 unspecified atom stereocenters. The number of nitrogens with zero attached hydrogens (tertiary/aromatic N) is 2. The SMILES string of the molecule is O=C(NCC(=O)N1CCCN(C(=O)Nc2cccc(Cl)c2)CC1)c1ccccc1F. The zero-order valence-electron chi connectivity index (χ0n) is 16.2. The van der Waals surface area contributed by atoms with Gasteiger partial charge in [-0.25, -0.2) is 9.18 Å². The van der Waals surface area contributed by atoms with E-state index in [9.17, 15) is 18.8 Å². The molecule has 0 radical (unpaired) electrons. The fourth-order valence-electron chi connectivity index (χ4n) is 3.15. The van der Waals surface area contributed by atoms with Crippen molar-refractivity contribution < 1.29 is 18.8 Å². The average Bonchev–Trinajstić information content (AvgIpc) is 2.98. The maximum Gasteiger partial charge on any atom is 0.321 e. The Hall–Kier alpha value is -3.13. The van der Waals surface area contributed by atoms with Crippen LogP contribution in [0, 0.1) is 5.82 Å². The van der Waals surface area contributed by atoms with Crippen molar-refractivity contribution in [3.8, 4) is 0 Å². The molecular weight excluding hydrogens is 411 g/mol. The first kappa shape index (κ1) is 21.6. The summed E-state index contributed by atoms with van der Waals surface area (Å²) in [7, 11) is 0. The molecule has 0 bridgehead atoms. The number of hydrogen-bond donors (Lipinski definition) is 2. The highest BCUT2D eigenvalue weighted by Crippen LogP contribution is 2.16. The summed E-state index contributed by atoms with van der Waals surface area (Å²) in [6.45, 7) is 1.44. The summed E-state index contributed by atoms with van der Waals surface area (Å²) < 4.78 is 13.7. The molecule has 0 saturated carbocycles. The van der Waals surface area contributed by atoms with Crippen molar-refractivity contribution in [1.29, 1.82) is 0 Å². The lowest BCUT2D eigenvalue weighted by Gasteiger charge is -2.22. The second kappa shape index (κ2) is 10.1. The van der Waals surface area contributed by atoms with Gasteiger partial charge in [0.25, 0.3) is 5.91 Å². The fourth-order valence-corrected chi connectivity index (χ4v) is 3.34. The van der Waals surface area contributed by atoms with Crippen LogP contribution in [0.3, 0.4) is 0 Å². The Morgan fingerprint density at radius 1 is 0.967 bits per heavy atom. The predicted molar refractivity (Wildman–Crippen MR) is 112 cm³/mol. The van der Waals surface area contributed by atoms with E-state index < -0.39 is 11.7 Å². The lowest BCUT2D eigenvalue weighted by Crippen LogP contribution is -2.43. The molecule has 0 aromatic heterocycles. The van der Waals surface area contributed by atoms with Crippen LogP contribution in [0.25, 0.3) is 0 Å². The summed E-state index contributed by atoms with van der Waals surface area (Å²) in [5.41, 5.74) is 0.491. The zero-order chi connectivity index (χ0) is 21.5. The van der Waals surface area contributed by atoms with E-state index in [4.69, 9.17) is 11.6 Å². The van der Waals surface area contributed by atoms with E-state index in [1.807, 2.05) is 0 Å². The van der Waals surface area contributed by atoms with Gasteiger partial charge in [-0.05, 0) is 36.8 Å². The van der Waals surface area contributed by atoms with E-state index in [-0.39, 0.29) is 24.0 Å². The van der Waals surface area contributed by atoms with Crippen LogP contribution in [-0.4, -0.2) is 60.4 Å². The number of benzene rings is 2. The Morgan fingerprint density at radius 2 is 1.70 bits per heavy atom. The Balaban J connectivity index is 1.49. The van der Waals surface area contributed by atoms with Gasteiger partial charge in [0.1, 0.15) is 5.82 Å². The first-order chi connectivity index (χ1) is 14.4. The molecule has 3 rings (SSSR count). The normalized spacial score (nSPS) is 14.1. The van der Waals surface area contributed by atoms with Crippen molar-refractivity contribution in [1.82, 2.24) is 15.1 Å². The minimum Gasteiger partial charge on any atom is -0.343 e. The number of carbonyl (C=O) groups is 3. The molecule has 2 N–H and O–H groups in total. The molecule has 158 valence electrons. The molecule has 1 aliphatic heterocycles. The summed E-state index contributed by atoms with van der Waals surface area (Å²) in [5.74, 6) is -1.56. The third-order valence-corrected chi connectivity index (χ3v) is 4.97. The number of nitrogens with one attached hydrogen (secondary N) is 2. The van der Waals surface area contributed by atoms with Crippen LogP contribution in [0.2, 0.25) is 5.02 Å². The Labute approximate surface area is 178 Å². The molecule has 1 heterocycles. The van der Waals surface area contributed by atoms with Gasteiger partial charge in [0, 0.05) is 36.9 Å². The smallest absolute Gasteiger partial charge is 0.321 e. The first-order valence-corrected chi connectivity index (χ1v) is 9.94. The van der Waals surface area contributed by atoms with Gasteiger partial charge in [0.05, 0.1) is 12.1 Å². The molecule has 0 atom stereocenters. The lowest BCUT2D eigenvalue weighted by atomic mass is 10.2. The van der Waals surface area contributed by atoms with Gasteiger partial charge in [-0.2, -0.15) is 0 Å². The molecule has 1 aliphatic rings. The van der Waals surface area contributed by atoms with Crippen molar-refractivity contribution in [2.75, 3.05) is 38.0 Å². The molecule has 0 aliphatic carbocycles. The summed E-state index contributed by atoms with van der Waals surface area (Å²) in [5, 5.41) is 5.77. The van der Waals surface area contributed by atoms with Crippen LogP contribution >= 0.6 is 11.6 Å². The van der Waals surface area contributed by atoms with E-state index in [0.717, 1.165) is 0 Å². The first-order valence-electron chi connectivity index (χ1n) is 9.56. The second-order valence-corrected chi connectivity index (χ2v) is 7.26. The number of amides is 4. The molecule has 9 heteroatoms. The molecule has 4 amide bonds. The zero-order valence-corrected chi connectivity index (χ0v) is 17.0.